The van der Waals surface area contributed by atoms with Crippen LogP contribution in [0.15, 0.2) is 24.4 Å². The number of nitrogens with zero attached hydrogens (tertiary/aromatic N) is 3. The van der Waals surface area contributed by atoms with Crippen LogP contribution in [0, 0.1) is 12.8 Å². The molecule has 0 aliphatic heterocycles. The van der Waals surface area contributed by atoms with Crippen LogP contribution in [0.5, 0.6) is 5.75 Å². The molecule has 0 radical (unpaired) electrons. The molecule has 184 valence electrons. The molecule has 0 bridgehead atoms. The molecule has 4 rings (SSSR count). The Morgan fingerprint density at radius 1 is 1.18 bits per heavy atom. The lowest BCUT2D eigenvalue weighted by atomic mass is 9.87. The van der Waals surface area contributed by atoms with E-state index < -0.39 is 5.97 Å². The van der Waals surface area contributed by atoms with Crippen molar-refractivity contribution in [1.29, 1.82) is 0 Å². The molecule has 0 spiro atoms. The summed E-state index contributed by atoms with van der Waals surface area (Å²) >= 11 is 0. The Morgan fingerprint density at radius 3 is 2.65 bits per heavy atom. The van der Waals surface area contributed by atoms with E-state index in [1.807, 2.05) is 39.2 Å². The molecule has 1 heterocycles. The Bertz CT molecular complexity index is 1030. The fourth-order valence-corrected chi connectivity index (χ4v) is 5.15. The summed E-state index contributed by atoms with van der Waals surface area (Å²) in [5.74, 6) is -0.291. The first-order valence-corrected chi connectivity index (χ1v) is 12.2. The van der Waals surface area contributed by atoms with Crippen molar-refractivity contribution in [1.82, 2.24) is 14.7 Å². The standard InChI is InChI=1S/C26H35N3O5/c1-17-13-18(11-12-24(17)34-21-10-6-7-19(14-21)25(30)31)22-15-27-29(3)23(22)16-33-26(32)28(2)20-8-4-5-9-20/h11-13,15,19-21H,4-10,14,16H2,1-3H3,(H,30,31)/t19-,21-/m0/s1. The van der Waals surface area contributed by atoms with Crippen LogP contribution in [-0.2, 0) is 23.2 Å². The Balaban J connectivity index is 1.43. The fourth-order valence-electron chi connectivity index (χ4n) is 5.15. The van der Waals surface area contributed by atoms with Gasteiger partial charge in [-0.05, 0) is 68.7 Å². The number of aliphatic carboxylic acids is 1. The predicted octanol–water partition coefficient (Wildman–Crippen LogP) is 4.93. The molecule has 2 aliphatic carbocycles. The molecule has 34 heavy (non-hydrogen) atoms. The highest BCUT2D eigenvalue weighted by molar-refractivity contribution is 5.70. The van der Waals surface area contributed by atoms with Gasteiger partial charge in [-0.25, -0.2) is 4.79 Å². The van der Waals surface area contributed by atoms with Gasteiger partial charge in [0.1, 0.15) is 12.4 Å². The summed E-state index contributed by atoms with van der Waals surface area (Å²) in [5, 5.41) is 13.7. The molecule has 2 fully saturated rings. The molecule has 0 unspecified atom stereocenters. The number of aromatic nitrogens is 2. The van der Waals surface area contributed by atoms with Gasteiger partial charge in [0, 0.05) is 25.7 Å². The molecule has 1 aromatic heterocycles. The number of carbonyl (C=O) groups excluding carboxylic acids is 1. The van der Waals surface area contributed by atoms with Gasteiger partial charge in [-0.3, -0.25) is 9.48 Å². The zero-order valence-corrected chi connectivity index (χ0v) is 20.3. The number of rotatable bonds is 7. The van der Waals surface area contributed by atoms with Crippen molar-refractivity contribution in [3.8, 4) is 16.9 Å². The quantitative estimate of drug-likeness (QED) is 0.618. The molecular formula is C26H35N3O5. The number of carbonyl (C=O) groups is 2. The maximum absolute atomic E-state index is 12.6. The Morgan fingerprint density at radius 2 is 1.94 bits per heavy atom. The number of carboxylic acids is 1. The zero-order valence-electron chi connectivity index (χ0n) is 20.3. The third kappa shape index (κ3) is 5.37. The summed E-state index contributed by atoms with van der Waals surface area (Å²) in [7, 11) is 3.66. The molecule has 2 aromatic rings. The van der Waals surface area contributed by atoms with E-state index in [0.29, 0.717) is 6.42 Å². The largest absolute Gasteiger partial charge is 0.490 e. The van der Waals surface area contributed by atoms with Crippen molar-refractivity contribution >= 4 is 12.1 Å². The zero-order chi connectivity index (χ0) is 24.2. The monoisotopic (exact) mass is 469 g/mol. The second-order valence-electron chi connectivity index (χ2n) is 9.65. The lowest BCUT2D eigenvalue weighted by Gasteiger charge is -2.28. The number of hydrogen-bond donors (Lipinski definition) is 1. The van der Waals surface area contributed by atoms with Gasteiger partial charge >= 0.3 is 12.1 Å². The maximum atomic E-state index is 12.6. The molecular weight excluding hydrogens is 434 g/mol. The molecule has 1 aromatic carbocycles. The first kappa shape index (κ1) is 24.1. The van der Waals surface area contributed by atoms with Gasteiger partial charge in [0.15, 0.2) is 0 Å². The van der Waals surface area contributed by atoms with E-state index >= 15 is 0 Å². The molecule has 1 N–H and O–H groups in total. The molecule has 8 heteroatoms. The summed E-state index contributed by atoms with van der Waals surface area (Å²) in [6, 6.07) is 6.22. The van der Waals surface area contributed by atoms with Gasteiger partial charge in [0.2, 0.25) is 0 Å². The Hall–Kier alpha value is -3.03. The normalized spacial score (nSPS) is 20.8. The highest BCUT2D eigenvalue weighted by Gasteiger charge is 2.28. The number of amides is 1. The number of ether oxygens (including phenoxy) is 2. The third-order valence-electron chi connectivity index (χ3n) is 7.31. The lowest BCUT2D eigenvalue weighted by Crippen LogP contribution is -2.35. The minimum Gasteiger partial charge on any atom is -0.490 e. The summed E-state index contributed by atoms with van der Waals surface area (Å²) in [4.78, 5) is 25.6. The number of carboxylic acid groups (broad SMARTS) is 1. The predicted molar refractivity (Wildman–Crippen MR) is 128 cm³/mol. The SMILES string of the molecule is Cc1cc(-c2cnn(C)c2COC(=O)N(C)C2CCCC2)ccc1O[C@H]1CCC[C@H](C(=O)O)C1. The number of hydrogen-bond acceptors (Lipinski definition) is 5. The maximum Gasteiger partial charge on any atom is 0.410 e. The van der Waals surface area contributed by atoms with Gasteiger partial charge in [-0.2, -0.15) is 5.10 Å². The van der Waals surface area contributed by atoms with Crippen LogP contribution < -0.4 is 4.74 Å². The van der Waals surface area contributed by atoms with Crippen molar-refractivity contribution in [3.05, 3.63) is 35.7 Å². The average molecular weight is 470 g/mol. The summed E-state index contributed by atoms with van der Waals surface area (Å²) < 4.78 is 13.6. The van der Waals surface area contributed by atoms with Gasteiger partial charge in [-0.1, -0.05) is 18.9 Å². The van der Waals surface area contributed by atoms with E-state index in [4.69, 9.17) is 9.47 Å². The van der Waals surface area contributed by atoms with Crippen LogP contribution in [0.25, 0.3) is 11.1 Å². The lowest BCUT2D eigenvalue weighted by molar-refractivity contribution is -0.143. The summed E-state index contributed by atoms with van der Waals surface area (Å²) in [6.45, 7) is 2.14. The highest BCUT2D eigenvalue weighted by Crippen LogP contribution is 2.33. The fraction of sp³-hybridized carbons (Fsp3) is 0.577. The van der Waals surface area contributed by atoms with E-state index in [1.165, 1.54) is 0 Å². The highest BCUT2D eigenvalue weighted by atomic mass is 16.6. The van der Waals surface area contributed by atoms with Gasteiger partial charge in [-0.15, -0.1) is 0 Å². The first-order chi connectivity index (χ1) is 16.3. The van der Waals surface area contributed by atoms with Crippen LogP contribution in [0.3, 0.4) is 0 Å². The Labute approximate surface area is 200 Å². The van der Waals surface area contributed by atoms with Crippen LogP contribution in [0.2, 0.25) is 0 Å². The van der Waals surface area contributed by atoms with Crippen molar-refractivity contribution in [3.63, 3.8) is 0 Å². The molecule has 1 amide bonds. The van der Waals surface area contributed by atoms with E-state index in [1.54, 1.807) is 15.8 Å². The van der Waals surface area contributed by atoms with Crippen molar-refractivity contribution in [2.45, 2.75) is 77.0 Å². The topological polar surface area (TPSA) is 93.9 Å². The summed E-state index contributed by atoms with van der Waals surface area (Å²) in [5.41, 5.74) is 3.69. The number of benzene rings is 1. The van der Waals surface area contributed by atoms with Crippen LogP contribution >= 0.6 is 0 Å². The van der Waals surface area contributed by atoms with E-state index in [2.05, 4.69) is 5.10 Å². The van der Waals surface area contributed by atoms with Crippen LogP contribution in [0.1, 0.15) is 62.6 Å². The smallest absolute Gasteiger partial charge is 0.410 e. The van der Waals surface area contributed by atoms with E-state index in [9.17, 15) is 14.7 Å². The van der Waals surface area contributed by atoms with Crippen molar-refractivity contribution in [2.75, 3.05) is 7.05 Å². The van der Waals surface area contributed by atoms with Crippen molar-refractivity contribution < 1.29 is 24.2 Å². The van der Waals surface area contributed by atoms with Gasteiger partial charge in [0.05, 0.1) is 23.9 Å². The van der Waals surface area contributed by atoms with Gasteiger partial charge < -0.3 is 19.5 Å². The molecule has 0 saturated heterocycles. The molecule has 8 nitrogen and oxygen atoms in total. The van der Waals surface area contributed by atoms with Crippen LogP contribution in [0.4, 0.5) is 4.79 Å². The van der Waals surface area contributed by atoms with E-state index in [0.717, 1.165) is 73.1 Å². The second-order valence-corrected chi connectivity index (χ2v) is 9.65. The first-order valence-electron chi connectivity index (χ1n) is 12.2. The second kappa shape index (κ2) is 10.5. The van der Waals surface area contributed by atoms with E-state index in [-0.39, 0.29) is 30.8 Å². The summed E-state index contributed by atoms with van der Waals surface area (Å²) in [6.07, 6.45) is 8.81. The van der Waals surface area contributed by atoms with Gasteiger partial charge in [0.25, 0.3) is 0 Å². The number of aryl methyl sites for hydroxylation is 2. The molecule has 2 atom stereocenters. The average Bonchev–Trinajstić information content (AvgIpc) is 3.48. The minimum atomic E-state index is -0.736. The molecule has 2 aliphatic rings. The van der Waals surface area contributed by atoms with Crippen LogP contribution in [-0.4, -0.2) is 51.0 Å². The Kier molecular flexibility index (Phi) is 7.44. The molecule has 2 saturated carbocycles. The minimum absolute atomic E-state index is 0.0791. The van der Waals surface area contributed by atoms with Crippen molar-refractivity contribution in [2.24, 2.45) is 13.0 Å². The third-order valence-corrected chi connectivity index (χ3v) is 7.31.